The molecule has 1 saturated heterocycles. The van der Waals surface area contributed by atoms with Crippen molar-refractivity contribution in [3.8, 4) is 0 Å². The molecular formula is C21H27N3O2S. The minimum Gasteiger partial charge on any atom is -0.350 e. The van der Waals surface area contributed by atoms with Gasteiger partial charge in [0.15, 0.2) is 0 Å². The van der Waals surface area contributed by atoms with Crippen molar-refractivity contribution in [3.05, 3.63) is 57.8 Å². The third-order valence-corrected chi connectivity index (χ3v) is 5.71. The number of nitrogens with zero attached hydrogens (tertiary/aromatic N) is 2. The first-order chi connectivity index (χ1) is 13.1. The van der Waals surface area contributed by atoms with Gasteiger partial charge in [0.2, 0.25) is 5.91 Å². The molecule has 27 heavy (non-hydrogen) atoms. The third-order valence-electron chi connectivity index (χ3n) is 4.86. The van der Waals surface area contributed by atoms with Gasteiger partial charge in [-0.05, 0) is 55.9 Å². The fraction of sp³-hybridized carbons (Fsp3) is 0.429. The van der Waals surface area contributed by atoms with Crippen LogP contribution in [0, 0.1) is 0 Å². The zero-order valence-corrected chi connectivity index (χ0v) is 16.8. The van der Waals surface area contributed by atoms with Crippen molar-refractivity contribution < 1.29 is 9.59 Å². The van der Waals surface area contributed by atoms with E-state index in [0.717, 1.165) is 31.4 Å². The predicted octanol–water partition coefficient (Wildman–Crippen LogP) is 3.12. The first-order valence-corrected chi connectivity index (χ1v) is 10.3. The Morgan fingerprint density at radius 1 is 1.15 bits per heavy atom. The summed E-state index contributed by atoms with van der Waals surface area (Å²) in [7, 11) is 4.07. The summed E-state index contributed by atoms with van der Waals surface area (Å²) in [4.78, 5) is 30.2. The highest BCUT2D eigenvalue weighted by Crippen LogP contribution is 2.22. The van der Waals surface area contributed by atoms with Crippen LogP contribution in [0.25, 0.3) is 0 Å². The molecule has 2 heterocycles. The minimum absolute atomic E-state index is 0.0298. The molecule has 1 fully saturated rings. The number of thiophene rings is 1. The van der Waals surface area contributed by atoms with E-state index in [-0.39, 0.29) is 17.9 Å². The summed E-state index contributed by atoms with van der Waals surface area (Å²) >= 11 is 1.43. The Bertz CT molecular complexity index is 773. The summed E-state index contributed by atoms with van der Waals surface area (Å²) in [6.45, 7) is 1.96. The van der Waals surface area contributed by atoms with E-state index in [2.05, 4.69) is 22.3 Å². The Balaban J connectivity index is 1.67. The number of nitrogens with one attached hydrogen (secondary N) is 1. The largest absolute Gasteiger partial charge is 0.350 e. The highest BCUT2D eigenvalue weighted by atomic mass is 32.1. The van der Waals surface area contributed by atoms with E-state index in [1.165, 1.54) is 16.9 Å². The topological polar surface area (TPSA) is 52.7 Å². The standard InChI is InChI=1S/C21H27N3O2S/c1-23(2)15-17-9-4-3-8-16(17)14-22-20(25)18-10-5-6-12-24(18)21(26)19-11-7-13-27-19/h3-4,7-9,11,13,18H,5-6,10,12,14-15H2,1-2H3,(H,22,25). The van der Waals surface area contributed by atoms with Gasteiger partial charge in [-0.15, -0.1) is 11.3 Å². The maximum Gasteiger partial charge on any atom is 0.264 e. The zero-order valence-electron chi connectivity index (χ0n) is 16.0. The maximum atomic E-state index is 12.9. The van der Waals surface area contributed by atoms with E-state index >= 15 is 0 Å². The third kappa shape index (κ3) is 4.96. The van der Waals surface area contributed by atoms with Crippen LogP contribution in [-0.2, 0) is 17.9 Å². The van der Waals surface area contributed by atoms with E-state index in [4.69, 9.17) is 0 Å². The predicted molar refractivity (Wildman–Crippen MR) is 109 cm³/mol. The maximum absolute atomic E-state index is 12.9. The van der Waals surface area contributed by atoms with Gasteiger partial charge >= 0.3 is 0 Å². The summed E-state index contributed by atoms with van der Waals surface area (Å²) in [5, 5.41) is 4.96. The first kappa shape index (κ1) is 19.6. The van der Waals surface area contributed by atoms with Gasteiger partial charge in [0, 0.05) is 19.6 Å². The molecule has 0 radical (unpaired) electrons. The van der Waals surface area contributed by atoms with Crippen LogP contribution in [0.1, 0.15) is 40.1 Å². The first-order valence-electron chi connectivity index (χ1n) is 9.40. The molecule has 144 valence electrons. The van der Waals surface area contributed by atoms with Gasteiger partial charge in [0.25, 0.3) is 5.91 Å². The molecule has 3 rings (SSSR count). The quantitative estimate of drug-likeness (QED) is 0.831. The number of carbonyl (C=O) groups excluding carboxylic acids is 2. The molecule has 1 unspecified atom stereocenters. The fourth-order valence-electron chi connectivity index (χ4n) is 3.51. The minimum atomic E-state index is -0.380. The Morgan fingerprint density at radius 3 is 2.63 bits per heavy atom. The van der Waals surface area contributed by atoms with Gasteiger partial charge in [0.1, 0.15) is 6.04 Å². The van der Waals surface area contributed by atoms with Crippen LogP contribution in [0.3, 0.4) is 0 Å². The number of hydrogen-bond donors (Lipinski definition) is 1. The lowest BCUT2D eigenvalue weighted by atomic mass is 10.0. The van der Waals surface area contributed by atoms with Gasteiger partial charge < -0.3 is 15.1 Å². The monoisotopic (exact) mass is 385 g/mol. The van der Waals surface area contributed by atoms with Crippen LogP contribution in [0.5, 0.6) is 0 Å². The van der Waals surface area contributed by atoms with Gasteiger partial charge in [-0.1, -0.05) is 30.3 Å². The summed E-state index contributed by atoms with van der Waals surface area (Å²) in [5.41, 5.74) is 2.32. The van der Waals surface area contributed by atoms with Crippen LogP contribution in [0.15, 0.2) is 41.8 Å². The Hall–Kier alpha value is -2.18. The number of carbonyl (C=O) groups is 2. The van der Waals surface area contributed by atoms with E-state index in [0.29, 0.717) is 18.0 Å². The van der Waals surface area contributed by atoms with E-state index in [9.17, 15) is 9.59 Å². The average Bonchev–Trinajstić information content (AvgIpc) is 3.21. The molecule has 0 spiro atoms. The molecule has 2 amide bonds. The lowest BCUT2D eigenvalue weighted by molar-refractivity contribution is -0.126. The smallest absolute Gasteiger partial charge is 0.264 e. The van der Waals surface area contributed by atoms with E-state index in [1.54, 1.807) is 4.90 Å². The molecule has 1 aliphatic heterocycles. The SMILES string of the molecule is CN(C)Cc1ccccc1CNC(=O)C1CCCCN1C(=O)c1cccs1. The highest BCUT2D eigenvalue weighted by molar-refractivity contribution is 7.12. The van der Waals surface area contributed by atoms with Crippen molar-refractivity contribution >= 4 is 23.2 Å². The zero-order chi connectivity index (χ0) is 19.2. The number of rotatable bonds is 6. The number of amides is 2. The van der Waals surface area contributed by atoms with Crippen molar-refractivity contribution in [2.75, 3.05) is 20.6 Å². The van der Waals surface area contributed by atoms with Crippen LogP contribution in [-0.4, -0.2) is 48.3 Å². The van der Waals surface area contributed by atoms with Crippen molar-refractivity contribution in [1.82, 2.24) is 15.1 Å². The molecule has 1 aromatic carbocycles. The second-order valence-electron chi connectivity index (χ2n) is 7.21. The lowest BCUT2D eigenvalue weighted by Crippen LogP contribution is -2.51. The van der Waals surface area contributed by atoms with Crippen LogP contribution in [0.4, 0.5) is 0 Å². The Morgan fingerprint density at radius 2 is 1.93 bits per heavy atom. The van der Waals surface area contributed by atoms with Crippen LogP contribution >= 0.6 is 11.3 Å². The van der Waals surface area contributed by atoms with Gasteiger partial charge in [-0.25, -0.2) is 0 Å². The molecule has 1 aliphatic rings. The fourth-order valence-corrected chi connectivity index (χ4v) is 4.19. The Kier molecular flexibility index (Phi) is 6.63. The normalized spacial score (nSPS) is 17.1. The van der Waals surface area contributed by atoms with Gasteiger partial charge in [-0.3, -0.25) is 9.59 Å². The van der Waals surface area contributed by atoms with Crippen molar-refractivity contribution in [3.63, 3.8) is 0 Å². The second kappa shape index (κ2) is 9.15. The Labute approximate surface area is 165 Å². The molecule has 6 heteroatoms. The molecule has 1 aromatic heterocycles. The molecule has 5 nitrogen and oxygen atoms in total. The van der Waals surface area contributed by atoms with E-state index in [1.807, 2.05) is 43.7 Å². The van der Waals surface area contributed by atoms with Crippen molar-refractivity contribution in [2.45, 2.75) is 38.4 Å². The summed E-state index contributed by atoms with van der Waals surface area (Å²) < 4.78 is 0. The van der Waals surface area contributed by atoms with Crippen molar-refractivity contribution in [1.29, 1.82) is 0 Å². The molecule has 1 atom stereocenters. The van der Waals surface area contributed by atoms with Crippen molar-refractivity contribution in [2.24, 2.45) is 0 Å². The van der Waals surface area contributed by atoms with Crippen LogP contribution < -0.4 is 5.32 Å². The number of benzene rings is 1. The molecule has 0 bridgehead atoms. The number of piperidine rings is 1. The highest BCUT2D eigenvalue weighted by Gasteiger charge is 2.32. The molecular weight excluding hydrogens is 358 g/mol. The summed E-state index contributed by atoms with van der Waals surface area (Å²) in [6, 6.07) is 11.5. The molecule has 0 aliphatic carbocycles. The second-order valence-corrected chi connectivity index (χ2v) is 8.16. The summed E-state index contributed by atoms with van der Waals surface area (Å²) in [5.74, 6) is -0.0860. The molecule has 1 N–H and O–H groups in total. The lowest BCUT2D eigenvalue weighted by Gasteiger charge is -2.34. The van der Waals surface area contributed by atoms with E-state index < -0.39 is 0 Å². The molecule has 2 aromatic rings. The summed E-state index contributed by atoms with van der Waals surface area (Å²) in [6.07, 6.45) is 2.65. The van der Waals surface area contributed by atoms with Crippen LogP contribution in [0.2, 0.25) is 0 Å². The number of hydrogen-bond acceptors (Lipinski definition) is 4. The average molecular weight is 386 g/mol. The van der Waals surface area contributed by atoms with Gasteiger partial charge in [-0.2, -0.15) is 0 Å². The number of likely N-dealkylation sites (tertiary alicyclic amines) is 1. The molecule has 0 saturated carbocycles. The van der Waals surface area contributed by atoms with Gasteiger partial charge in [0.05, 0.1) is 4.88 Å².